The van der Waals surface area contributed by atoms with Crippen LogP contribution in [0.2, 0.25) is 6.04 Å². The summed E-state index contributed by atoms with van der Waals surface area (Å²) in [5, 5.41) is 0. The summed E-state index contributed by atoms with van der Waals surface area (Å²) in [6.07, 6.45) is 2.42. The van der Waals surface area contributed by atoms with Crippen molar-refractivity contribution in [3.05, 3.63) is 0 Å². The molecule has 8 nitrogen and oxygen atoms in total. The summed E-state index contributed by atoms with van der Waals surface area (Å²) in [6.45, 7) is 3.87. The largest absolute Gasteiger partial charge is 0.500 e. The molecule has 0 bridgehead atoms. The lowest BCUT2D eigenvalue weighted by Crippen LogP contribution is -2.44. The van der Waals surface area contributed by atoms with Gasteiger partial charge in [0.15, 0.2) is 0 Å². The highest BCUT2D eigenvalue weighted by atomic mass is 28.4. The van der Waals surface area contributed by atoms with Crippen molar-refractivity contribution in [3.63, 3.8) is 0 Å². The van der Waals surface area contributed by atoms with Gasteiger partial charge in [-0.25, -0.2) is 0 Å². The lowest BCUT2D eigenvalue weighted by molar-refractivity contribution is 0.102. The smallest absolute Gasteiger partial charge is 0.377 e. The van der Waals surface area contributed by atoms with Crippen molar-refractivity contribution in [1.29, 1.82) is 0 Å². The summed E-state index contributed by atoms with van der Waals surface area (Å²) in [4.78, 5) is 0. The number of hydrogen-bond acceptors (Lipinski definition) is 8. The third-order valence-corrected chi connectivity index (χ3v) is 6.47. The SMILES string of the molecule is C(OCC1CO1)C1CO1.CO[Si](CCC(N)CCN)(OC)OC.[SiH4]. The van der Waals surface area contributed by atoms with Gasteiger partial charge in [0.25, 0.3) is 0 Å². The van der Waals surface area contributed by atoms with E-state index in [2.05, 4.69) is 0 Å². The van der Waals surface area contributed by atoms with Crippen molar-refractivity contribution in [2.24, 2.45) is 11.5 Å². The van der Waals surface area contributed by atoms with Crippen LogP contribution in [0.5, 0.6) is 0 Å². The molecule has 2 aliphatic rings. The molecular weight excluding hydrogens is 348 g/mol. The van der Waals surface area contributed by atoms with E-state index in [1.165, 1.54) is 0 Å². The van der Waals surface area contributed by atoms with Crippen LogP contribution in [0.4, 0.5) is 0 Å². The average molecular weight is 385 g/mol. The first-order valence-electron chi connectivity index (χ1n) is 8.01. The minimum Gasteiger partial charge on any atom is -0.377 e. The lowest BCUT2D eigenvalue weighted by atomic mass is 10.2. The minimum absolute atomic E-state index is 0. The van der Waals surface area contributed by atoms with E-state index in [0.717, 1.165) is 45.3 Å². The molecule has 3 unspecified atom stereocenters. The molecule has 10 heteroatoms. The molecule has 0 radical (unpaired) electrons. The van der Waals surface area contributed by atoms with Crippen LogP contribution in [0.15, 0.2) is 0 Å². The number of epoxide rings is 2. The number of hydrogen-bond donors (Lipinski definition) is 2. The van der Waals surface area contributed by atoms with Crippen molar-refractivity contribution >= 4 is 19.8 Å². The highest BCUT2D eigenvalue weighted by molar-refractivity contribution is 6.60. The van der Waals surface area contributed by atoms with Crippen molar-refractivity contribution in [1.82, 2.24) is 0 Å². The van der Waals surface area contributed by atoms with E-state index in [0.29, 0.717) is 18.8 Å². The second kappa shape index (κ2) is 13.3. The van der Waals surface area contributed by atoms with E-state index >= 15 is 0 Å². The van der Waals surface area contributed by atoms with Crippen LogP contribution in [0.1, 0.15) is 12.8 Å². The maximum atomic E-state index is 5.83. The van der Waals surface area contributed by atoms with Crippen LogP contribution in [0, 0.1) is 0 Å². The second-order valence-corrected chi connectivity index (χ2v) is 8.71. The van der Waals surface area contributed by atoms with E-state index < -0.39 is 8.80 Å². The fourth-order valence-electron chi connectivity index (χ4n) is 1.94. The van der Waals surface area contributed by atoms with Crippen LogP contribution in [-0.4, -0.2) is 92.3 Å². The molecule has 2 saturated heterocycles. The first kappa shape index (κ1) is 24.1. The monoisotopic (exact) mass is 384 g/mol. The molecule has 0 saturated carbocycles. The van der Waals surface area contributed by atoms with E-state index in [1.54, 1.807) is 21.3 Å². The summed E-state index contributed by atoms with van der Waals surface area (Å²) in [5.74, 6) is 0. The molecule has 0 aromatic carbocycles. The lowest BCUT2D eigenvalue weighted by Gasteiger charge is -2.25. The predicted octanol–water partition coefficient (Wildman–Crippen LogP) is -1.72. The molecule has 0 spiro atoms. The summed E-state index contributed by atoms with van der Waals surface area (Å²) in [7, 11) is 2.38. The summed E-state index contributed by atoms with van der Waals surface area (Å²) in [5.41, 5.74) is 11.2. The van der Waals surface area contributed by atoms with Gasteiger partial charge in [-0.15, -0.1) is 0 Å². The zero-order valence-electron chi connectivity index (χ0n) is 14.5. The quantitative estimate of drug-likeness (QED) is 0.302. The summed E-state index contributed by atoms with van der Waals surface area (Å²) >= 11 is 0. The van der Waals surface area contributed by atoms with Crippen LogP contribution in [0.25, 0.3) is 0 Å². The maximum Gasteiger partial charge on any atom is 0.500 e. The van der Waals surface area contributed by atoms with Crippen LogP contribution < -0.4 is 11.5 Å². The Morgan fingerprint density at radius 3 is 1.79 bits per heavy atom. The Balaban J connectivity index is 0.000000452. The second-order valence-electron chi connectivity index (χ2n) is 5.62. The van der Waals surface area contributed by atoms with Gasteiger partial charge in [-0.3, -0.25) is 0 Å². The molecule has 2 rings (SSSR count). The fourth-order valence-corrected chi connectivity index (χ4v) is 3.77. The Bertz CT molecular complexity index is 285. The Labute approximate surface area is 150 Å². The molecule has 0 aromatic rings. The molecule has 3 atom stereocenters. The summed E-state index contributed by atoms with van der Waals surface area (Å²) < 4.78 is 30.9. The van der Waals surface area contributed by atoms with Crippen LogP contribution >= 0.6 is 0 Å². The number of nitrogens with two attached hydrogens (primary N) is 2. The van der Waals surface area contributed by atoms with Gasteiger partial charge in [0.1, 0.15) is 12.2 Å². The van der Waals surface area contributed by atoms with Crippen molar-refractivity contribution in [2.75, 3.05) is 54.3 Å². The Hall–Kier alpha value is 0.114. The number of ether oxygens (including phenoxy) is 3. The molecular formula is C14H36N2O6Si2. The van der Waals surface area contributed by atoms with Gasteiger partial charge in [-0.1, -0.05) is 0 Å². The Kier molecular flexibility index (Phi) is 13.4. The molecule has 0 amide bonds. The molecule has 0 aliphatic carbocycles. The van der Waals surface area contributed by atoms with E-state index in [-0.39, 0.29) is 17.0 Å². The molecule has 24 heavy (non-hydrogen) atoms. The summed E-state index contributed by atoms with van der Waals surface area (Å²) in [6, 6.07) is 0.838. The zero-order valence-corrected chi connectivity index (χ0v) is 15.5. The minimum atomic E-state index is -2.43. The highest BCUT2D eigenvalue weighted by Crippen LogP contribution is 2.16. The van der Waals surface area contributed by atoms with Gasteiger partial charge in [0.05, 0.1) is 26.4 Å². The van der Waals surface area contributed by atoms with Gasteiger partial charge in [-0.2, -0.15) is 0 Å². The molecule has 146 valence electrons. The van der Waals surface area contributed by atoms with E-state index in [9.17, 15) is 0 Å². The van der Waals surface area contributed by atoms with Gasteiger partial charge < -0.3 is 39.0 Å². The normalized spacial score (nSPS) is 22.9. The van der Waals surface area contributed by atoms with Gasteiger partial charge in [0, 0.05) is 33.4 Å². The predicted molar refractivity (Wildman–Crippen MR) is 99.5 cm³/mol. The fraction of sp³-hybridized carbons (Fsp3) is 1.00. The number of rotatable bonds is 12. The van der Waals surface area contributed by atoms with Crippen molar-refractivity contribution in [2.45, 2.75) is 37.1 Å². The first-order chi connectivity index (χ1) is 11.1. The standard InChI is InChI=1S/C8H22N2O3Si.C6H10O3.H4Si/c1-11-14(12-2,13-3)7-5-8(10)4-6-9;1(5-3-8-5)7-2-6-4-9-6;/h8H,4-7,9-10H2,1-3H3;5-6H,1-4H2;1H4. The molecule has 2 fully saturated rings. The van der Waals surface area contributed by atoms with Crippen LogP contribution in [0.3, 0.4) is 0 Å². The molecule has 2 aliphatic heterocycles. The topological polar surface area (TPSA) is 114 Å². The molecule has 0 aromatic heterocycles. The Morgan fingerprint density at radius 2 is 1.46 bits per heavy atom. The van der Waals surface area contributed by atoms with Crippen LogP contribution in [-0.2, 0) is 27.5 Å². The average Bonchev–Trinajstić information content (AvgIpc) is 3.46. The third-order valence-electron chi connectivity index (χ3n) is 3.70. The van der Waals surface area contributed by atoms with Gasteiger partial charge in [-0.05, 0) is 30.4 Å². The van der Waals surface area contributed by atoms with E-state index in [1.807, 2.05) is 0 Å². The third kappa shape index (κ3) is 10.9. The zero-order chi connectivity index (χ0) is 17.1. The van der Waals surface area contributed by atoms with E-state index in [4.69, 9.17) is 39.0 Å². The Morgan fingerprint density at radius 1 is 1.00 bits per heavy atom. The maximum absolute atomic E-state index is 5.83. The van der Waals surface area contributed by atoms with Gasteiger partial charge >= 0.3 is 8.80 Å². The highest BCUT2D eigenvalue weighted by Gasteiger charge is 2.37. The van der Waals surface area contributed by atoms with Crippen molar-refractivity contribution in [3.8, 4) is 0 Å². The van der Waals surface area contributed by atoms with Crippen molar-refractivity contribution < 1.29 is 27.5 Å². The first-order valence-corrected chi connectivity index (χ1v) is 9.94. The van der Waals surface area contributed by atoms with Gasteiger partial charge in [0.2, 0.25) is 0 Å². The molecule has 4 N–H and O–H groups in total. The molecule has 2 heterocycles.